The van der Waals surface area contributed by atoms with Gasteiger partial charge in [0.05, 0.1) is 0 Å². The summed E-state index contributed by atoms with van der Waals surface area (Å²) in [5, 5.41) is 3.70. The van der Waals surface area contributed by atoms with Gasteiger partial charge < -0.3 is 5.32 Å². The molecule has 0 amide bonds. The van der Waals surface area contributed by atoms with Gasteiger partial charge in [-0.3, -0.25) is 0 Å². The van der Waals surface area contributed by atoms with Gasteiger partial charge in [-0.1, -0.05) is 48.2 Å². The second-order valence-electron chi connectivity index (χ2n) is 4.95. The lowest BCUT2D eigenvalue weighted by molar-refractivity contribution is 0.506. The third-order valence-corrected chi connectivity index (χ3v) is 4.10. The van der Waals surface area contributed by atoms with Crippen LogP contribution < -0.4 is 5.32 Å². The van der Waals surface area contributed by atoms with Crippen LogP contribution in [0.25, 0.3) is 0 Å². The summed E-state index contributed by atoms with van der Waals surface area (Å²) in [7, 11) is 0. The van der Waals surface area contributed by atoms with Crippen LogP contribution in [0.2, 0.25) is 0 Å². The van der Waals surface area contributed by atoms with E-state index in [1.165, 1.54) is 60.7 Å². The van der Waals surface area contributed by atoms with Crippen LogP contribution in [0.3, 0.4) is 0 Å². The highest BCUT2D eigenvalue weighted by Crippen LogP contribution is 2.32. The van der Waals surface area contributed by atoms with Gasteiger partial charge in [0.25, 0.3) is 0 Å². The molecule has 0 aliphatic heterocycles. The van der Waals surface area contributed by atoms with E-state index in [1.54, 1.807) is 0 Å². The summed E-state index contributed by atoms with van der Waals surface area (Å²) in [5.41, 5.74) is 3.04. The number of aryl methyl sites for hydroxylation is 1. The minimum atomic E-state index is 0.597. The monoisotopic (exact) mass is 295 g/mol. The molecule has 1 aliphatic carbocycles. The van der Waals surface area contributed by atoms with Crippen LogP contribution >= 0.6 is 15.9 Å². The molecule has 0 bridgehead atoms. The van der Waals surface area contributed by atoms with Crippen molar-refractivity contribution in [3.63, 3.8) is 0 Å². The quantitative estimate of drug-likeness (QED) is 0.756. The summed E-state index contributed by atoms with van der Waals surface area (Å²) in [6.45, 7) is 3.43. The van der Waals surface area contributed by atoms with Gasteiger partial charge in [-0.2, -0.15) is 0 Å². The summed E-state index contributed by atoms with van der Waals surface area (Å²) in [5.74, 6) is 0. The Labute approximate surface area is 113 Å². The van der Waals surface area contributed by atoms with Gasteiger partial charge in [-0.05, 0) is 49.1 Å². The van der Waals surface area contributed by atoms with Crippen molar-refractivity contribution in [2.75, 3.05) is 6.54 Å². The van der Waals surface area contributed by atoms with Crippen molar-refractivity contribution in [3.8, 4) is 0 Å². The fourth-order valence-electron chi connectivity index (χ4n) is 2.63. The molecule has 0 saturated heterocycles. The van der Waals surface area contributed by atoms with Crippen molar-refractivity contribution in [3.05, 3.63) is 33.8 Å². The summed E-state index contributed by atoms with van der Waals surface area (Å²) in [4.78, 5) is 0. The SMILES string of the molecule is CCCCCCNC1CCc2cc(Br)ccc21. The van der Waals surface area contributed by atoms with Gasteiger partial charge in [0.1, 0.15) is 0 Å². The Morgan fingerprint density at radius 3 is 3.00 bits per heavy atom. The lowest BCUT2D eigenvalue weighted by Gasteiger charge is -2.14. The molecule has 0 fully saturated rings. The predicted molar refractivity (Wildman–Crippen MR) is 77.3 cm³/mol. The Morgan fingerprint density at radius 1 is 1.29 bits per heavy atom. The Morgan fingerprint density at radius 2 is 2.18 bits per heavy atom. The smallest absolute Gasteiger partial charge is 0.0326 e. The van der Waals surface area contributed by atoms with Crippen molar-refractivity contribution in [1.82, 2.24) is 5.32 Å². The van der Waals surface area contributed by atoms with Crippen molar-refractivity contribution in [2.24, 2.45) is 0 Å². The number of rotatable bonds is 6. The van der Waals surface area contributed by atoms with Gasteiger partial charge in [0.15, 0.2) is 0 Å². The van der Waals surface area contributed by atoms with E-state index in [2.05, 4.69) is 46.4 Å². The van der Waals surface area contributed by atoms with Crippen LogP contribution in [0.5, 0.6) is 0 Å². The molecule has 17 heavy (non-hydrogen) atoms. The Balaban J connectivity index is 1.81. The molecule has 0 aromatic heterocycles. The third-order valence-electron chi connectivity index (χ3n) is 3.60. The minimum absolute atomic E-state index is 0.597. The Hall–Kier alpha value is -0.340. The molecule has 0 heterocycles. The van der Waals surface area contributed by atoms with Gasteiger partial charge in [-0.25, -0.2) is 0 Å². The number of fused-ring (bicyclic) bond motifs is 1. The fraction of sp³-hybridized carbons (Fsp3) is 0.600. The highest BCUT2D eigenvalue weighted by molar-refractivity contribution is 9.10. The van der Waals surface area contributed by atoms with E-state index in [4.69, 9.17) is 0 Å². The van der Waals surface area contributed by atoms with Crippen LogP contribution in [-0.4, -0.2) is 6.54 Å². The Bertz CT molecular complexity index is 362. The van der Waals surface area contributed by atoms with Gasteiger partial charge in [-0.15, -0.1) is 0 Å². The average Bonchev–Trinajstić information content (AvgIpc) is 2.71. The molecular formula is C15H22BrN. The number of unbranched alkanes of at least 4 members (excludes halogenated alkanes) is 3. The maximum absolute atomic E-state index is 3.70. The van der Waals surface area contributed by atoms with Crippen LogP contribution in [-0.2, 0) is 6.42 Å². The standard InChI is InChI=1S/C15H22BrN/c1-2-3-4-5-10-17-15-9-6-12-11-13(16)7-8-14(12)15/h7-8,11,15,17H,2-6,9-10H2,1H3. The second-order valence-corrected chi connectivity index (χ2v) is 5.86. The highest BCUT2D eigenvalue weighted by Gasteiger charge is 2.21. The molecule has 1 aliphatic rings. The molecule has 1 N–H and O–H groups in total. The molecule has 2 heteroatoms. The van der Waals surface area contributed by atoms with E-state index >= 15 is 0 Å². The van der Waals surface area contributed by atoms with Crippen LogP contribution in [0.1, 0.15) is 56.2 Å². The van der Waals surface area contributed by atoms with E-state index in [-0.39, 0.29) is 0 Å². The highest BCUT2D eigenvalue weighted by atomic mass is 79.9. The van der Waals surface area contributed by atoms with Gasteiger partial charge in [0, 0.05) is 10.5 Å². The zero-order valence-corrected chi connectivity index (χ0v) is 12.2. The first-order valence-electron chi connectivity index (χ1n) is 6.83. The number of halogens is 1. The lowest BCUT2D eigenvalue weighted by Crippen LogP contribution is -2.20. The third kappa shape index (κ3) is 3.56. The van der Waals surface area contributed by atoms with Crippen molar-refractivity contribution in [2.45, 2.75) is 51.5 Å². The largest absolute Gasteiger partial charge is 0.310 e. The zero-order chi connectivity index (χ0) is 12.1. The molecule has 0 saturated carbocycles. The topological polar surface area (TPSA) is 12.0 Å². The van der Waals surface area contributed by atoms with Crippen LogP contribution in [0.15, 0.2) is 22.7 Å². The molecular weight excluding hydrogens is 274 g/mol. The van der Waals surface area contributed by atoms with Crippen molar-refractivity contribution >= 4 is 15.9 Å². The van der Waals surface area contributed by atoms with Crippen LogP contribution in [0.4, 0.5) is 0 Å². The summed E-state index contributed by atoms with van der Waals surface area (Å²) in [6.07, 6.45) is 7.86. The molecule has 1 atom stereocenters. The first kappa shape index (κ1) is 13.1. The zero-order valence-electron chi connectivity index (χ0n) is 10.6. The summed E-state index contributed by atoms with van der Waals surface area (Å²) >= 11 is 3.55. The molecule has 0 radical (unpaired) electrons. The fourth-order valence-corrected chi connectivity index (χ4v) is 3.03. The molecule has 1 unspecified atom stereocenters. The maximum atomic E-state index is 3.70. The molecule has 1 aromatic rings. The molecule has 94 valence electrons. The summed E-state index contributed by atoms with van der Waals surface area (Å²) in [6, 6.07) is 7.31. The Kier molecular flexibility index (Phi) is 5.05. The van der Waals surface area contributed by atoms with Gasteiger partial charge in [0.2, 0.25) is 0 Å². The van der Waals surface area contributed by atoms with E-state index in [1.807, 2.05) is 0 Å². The second kappa shape index (κ2) is 6.55. The molecule has 0 spiro atoms. The first-order chi connectivity index (χ1) is 8.31. The van der Waals surface area contributed by atoms with Crippen LogP contribution in [0, 0.1) is 0 Å². The van der Waals surface area contributed by atoms with E-state index in [0.29, 0.717) is 6.04 Å². The van der Waals surface area contributed by atoms with Crippen molar-refractivity contribution < 1.29 is 0 Å². The van der Waals surface area contributed by atoms with E-state index in [9.17, 15) is 0 Å². The molecule has 1 aromatic carbocycles. The number of nitrogens with one attached hydrogen (secondary N) is 1. The maximum Gasteiger partial charge on any atom is 0.0326 e. The van der Waals surface area contributed by atoms with Crippen molar-refractivity contribution in [1.29, 1.82) is 0 Å². The lowest BCUT2D eigenvalue weighted by atomic mass is 10.1. The number of hydrogen-bond acceptors (Lipinski definition) is 1. The predicted octanol–water partition coefficient (Wildman–Crippen LogP) is 4.61. The van der Waals surface area contributed by atoms with E-state index in [0.717, 1.165) is 0 Å². The van der Waals surface area contributed by atoms with E-state index < -0.39 is 0 Å². The van der Waals surface area contributed by atoms with Gasteiger partial charge >= 0.3 is 0 Å². The number of hydrogen-bond donors (Lipinski definition) is 1. The molecule has 1 nitrogen and oxygen atoms in total. The normalized spacial score (nSPS) is 18.4. The number of benzene rings is 1. The summed E-state index contributed by atoms with van der Waals surface area (Å²) < 4.78 is 1.21. The average molecular weight is 296 g/mol. The molecule has 2 rings (SSSR count). The first-order valence-corrected chi connectivity index (χ1v) is 7.62. The minimum Gasteiger partial charge on any atom is -0.310 e.